The number of hydrogen-bond donors (Lipinski definition) is 1. The summed E-state index contributed by atoms with van der Waals surface area (Å²) in [5, 5.41) is 10.1. The zero-order valence-electron chi connectivity index (χ0n) is 13.9. The number of ether oxygens (including phenoxy) is 1. The van der Waals surface area contributed by atoms with Crippen LogP contribution in [0.3, 0.4) is 0 Å². The van der Waals surface area contributed by atoms with Crippen molar-refractivity contribution < 1.29 is 27.1 Å². The van der Waals surface area contributed by atoms with Gasteiger partial charge >= 0.3 is 12.4 Å². The standard InChI is InChI=1S/C16H17F3N4O3/c1-23-7-5-10(6-8-23)14-21-22-15(25-14)20-13(24)11-3-2-4-12(9-11)26-16(17,18)19/h2-4,9-10H,5-8H2,1H3,(H,20,22,24). The second-order valence-corrected chi connectivity index (χ2v) is 6.05. The summed E-state index contributed by atoms with van der Waals surface area (Å²) in [4.78, 5) is 14.4. The van der Waals surface area contributed by atoms with E-state index in [0.29, 0.717) is 5.89 Å². The van der Waals surface area contributed by atoms with Crippen molar-refractivity contribution >= 4 is 11.9 Å². The van der Waals surface area contributed by atoms with Gasteiger partial charge in [-0.3, -0.25) is 10.1 Å². The Bertz CT molecular complexity index is 770. The van der Waals surface area contributed by atoms with Gasteiger partial charge in [0.1, 0.15) is 5.75 Å². The van der Waals surface area contributed by atoms with E-state index in [1.165, 1.54) is 12.1 Å². The Kier molecular flexibility index (Phi) is 5.12. The van der Waals surface area contributed by atoms with Crippen LogP contribution in [0.2, 0.25) is 0 Å². The van der Waals surface area contributed by atoms with Crippen molar-refractivity contribution in [2.75, 3.05) is 25.5 Å². The van der Waals surface area contributed by atoms with E-state index in [-0.39, 0.29) is 17.5 Å². The Morgan fingerprint density at radius 2 is 2.04 bits per heavy atom. The van der Waals surface area contributed by atoms with E-state index >= 15 is 0 Å². The van der Waals surface area contributed by atoms with Gasteiger partial charge in [-0.15, -0.1) is 18.3 Å². The van der Waals surface area contributed by atoms with Crippen molar-refractivity contribution in [3.63, 3.8) is 0 Å². The fraction of sp³-hybridized carbons (Fsp3) is 0.438. The number of anilines is 1. The number of aromatic nitrogens is 2. The smallest absolute Gasteiger partial charge is 0.408 e. The molecule has 1 fully saturated rings. The average Bonchev–Trinajstić information content (AvgIpc) is 3.02. The van der Waals surface area contributed by atoms with Crippen molar-refractivity contribution in [3.05, 3.63) is 35.7 Å². The number of carbonyl (C=O) groups excluding carboxylic acids is 1. The molecule has 0 atom stereocenters. The van der Waals surface area contributed by atoms with Crippen LogP contribution in [0.5, 0.6) is 5.75 Å². The maximum Gasteiger partial charge on any atom is 0.573 e. The van der Waals surface area contributed by atoms with Gasteiger partial charge in [-0.2, -0.15) is 0 Å². The van der Waals surface area contributed by atoms with Crippen molar-refractivity contribution in [2.45, 2.75) is 25.1 Å². The number of hydrogen-bond acceptors (Lipinski definition) is 6. The number of nitrogens with one attached hydrogen (secondary N) is 1. The van der Waals surface area contributed by atoms with Gasteiger partial charge in [-0.05, 0) is 51.2 Å². The highest BCUT2D eigenvalue weighted by molar-refractivity contribution is 6.03. The van der Waals surface area contributed by atoms with E-state index in [0.717, 1.165) is 38.1 Å². The number of benzene rings is 1. The van der Waals surface area contributed by atoms with Crippen LogP contribution in [0, 0.1) is 0 Å². The number of nitrogens with zero attached hydrogens (tertiary/aromatic N) is 3. The Morgan fingerprint density at radius 3 is 2.73 bits per heavy atom. The van der Waals surface area contributed by atoms with Crippen LogP contribution in [0.25, 0.3) is 0 Å². The van der Waals surface area contributed by atoms with Crippen LogP contribution in [-0.2, 0) is 0 Å². The van der Waals surface area contributed by atoms with Crippen LogP contribution in [-0.4, -0.2) is 47.5 Å². The summed E-state index contributed by atoms with van der Waals surface area (Å²) >= 11 is 0. The minimum atomic E-state index is -4.83. The summed E-state index contributed by atoms with van der Waals surface area (Å²) in [5.74, 6) is -0.575. The summed E-state index contributed by atoms with van der Waals surface area (Å²) in [6, 6.07) is 4.64. The van der Waals surface area contributed by atoms with E-state index < -0.39 is 18.0 Å². The molecule has 1 saturated heterocycles. The van der Waals surface area contributed by atoms with Gasteiger partial charge < -0.3 is 14.1 Å². The molecule has 0 radical (unpaired) electrons. The molecule has 0 aliphatic carbocycles. The molecule has 1 aliphatic heterocycles. The second-order valence-electron chi connectivity index (χ2n) is 6.05. The minimum absolute atomic E-state index is 0.0224. The fourth-order valence-electron chi connectivity index (χ4n) is 2.71. The van der Waals surface area contributed by atoms with Crippen molar-refractivity contribution in [1.82, 2.24) is 15.1 Å². The normalized spacial score (nSPS) is 16.5. The molecule has 2 heterocycles. The first kappa shape index (κ1) is 18.2. The summed E-state index contributed by atoms with van der Waals surface area (Å²) in [7, 11) is 2.03. The van der Waals surface area contributed by atoms with E-state index in [4.69, 9.17) is 4.42 Å². The number of halogens is 3. The Hall–Kier alpha value is -2.62. The molecule has 1 N–H and O–H groups in total. The Balaban J connectivity index is 1.64. The lowest BCUT2D eigenvalue weighted by Gasteiger charge is -2.26. The molecule has 1 aromatic carbocycles. The van der Waals surface area contributed by atoms with E-state index in [1.807, 2.05) is 7.05 Å². The van der Waals surface area contributed by atoms with Gasteiger partial charge in [0.05, 0.1) is 0 Å². The zero-order chi connectivity index (χ0) is 18.7. The van der Waals surface area contributed by atoms with Crippen molar-refractivity contribution in [1.29, 1.82) is 0 Å². The third-order valence-electron chi connectivity index (χ3n) is 4.06. The lowest BCUT2D eigenvalue weighted by atomic mass is 9.97. The maximum atomic E-state index is 12.3. The first-order valence-electron chi connectivity index (χ1n) is 7.99. The fourth-order valence-corrected chi connectivity index (χ4v) is 2.71. The number of rotatable bonds is 4. The van der Waals surface area contributed by atoms with Crippen LogP contribution in [0.1, 0.15) is 35.0 Å². The molecule has 2 aromatic rings. The van der Waals surface area contributed by atoms with Crippen LogP contribution in [0.15, 0.2) is 28.7 Å². The Labute approximate surface area is 147 Å². The lowest BCUT2D eigenvalue weighted by Crippen LogP contribution is -2.29. The summed E-state index contributed by atoms with van der Waals surface area (Å²) in [6.45, 7) is 1.83. The number of amides is 1. The van der Waals surface area contributed by atoms with Crippen LogP contribution < -0.4 is 10.1 Å². The lowest BCUT2D eigenvalue weighted by molar-refractivity contribution is -0.274. The highest BCUT2D eigenvalue weighted by Gasteiger charge is 2.31. The largest absolute Gasteiger partial charge is 0.573 e. The zero-order valence-corrected chi connectivity index (χ0v) is 13.9. The molecule has 0 saturated carbocycles. The third kappa shape index (κ3) is 4.72. The quantitative estimate of drug-likeness (QED) is 0.891. The van der Waals surface area contributed by atoms with Gasteiger partial charge in [0.25, 0.3) is 5.91 Å². The molecule has 7 nitrogen and oxygen atoms in total. The summed E-state index contributed by atoms with van der Waals surface area (Å²) < 4.78 is 46.1. The molecule has 1 amide bonds. The molecule has 3 rings (SSSR count). The van der Waals surface area contributed by atoms with Crippen molar-refractivity contribution in [3.8, 4) is 5.75 Å². The van der Waals surface area contributed by atoms with Crippen LogP contribution in [0.4, 0.5) is 19.2 Å². The van der Waals surface area contributed by atoms with Crippen molar-refractivity contribution in [2.24, 2.45) is 0 Å². The molecule has 0 unspecified atom stereocenters. The van der Waals surface area contributed by atoms with Gasteiger partial charge in [-0.1, -0.05) is 11.2 Å². The molecular formula is C16H17F3N4O3. The first-order chi connectivity index (χ1) is 12.3. The van der Waals surface area contributed by atoms with E-state index in [1.54, 1.807) is 0 Å². The molecular weight excluding hydrogens is 353 g/mol. The van der Waals surface area contributed by atoms with Gasteiger partial charge in [0.2, 0.25) is 5.89 Å². The molecule has 0 spiro atoms. The number of likely N-dealkylation sites (tertiary alicyclic amines) is 1. The number of alkyl halides is 3. The number of piperidine rings is 1. The Morgan fingerprint density at radius 1 is 1.31 bits per heavy atom. The third-order valence-corrected chi connectivity index (χ3v) is 4.06. The molecule has 1 aromatic heterocycles. The van der Waals surface area contributed by atoms with Crippen LogP contribution >= 0.6 is 0 Å². The molecule has 26 heavy (non-hydrogen) atoms. The second kappa shape index (κ2) is 7.32. The highest BCUT2D eigenvalue weighted by atomic mass is 19.4. The summed E-state index contributed by atoms with van der Waals surface area (Å²) in [5.41, 5.74) is -0.0224. The topological polar surface area (TPSA) is 80.5 Å². The van der Waals surface area contributed by atoms with E-state index in [2.05, 4.69) is 25.2 Å². The SMILES string of the molecule is CN1CCC(c2nnc(NC(=O)c3cccc(OC(F)(F)F)c3)o2)CC1. The number of carbonyl (C=O) groups is 1. The molecule has 140 valence electrons. The molecule has 0 bridgehead atoms. The molecule has 10 heteroatoms. The monoisotopic (exact) mass is 370 g/mol. The van der Waals surface area contributed by atoms with Gasteiger partial charge in [0.15, 0.2) is 0 Å². The maximum absolute atomic E-state index is 12.3. The minimum Gasteiger partial charge on any atom is -0.408 e. The average molecular weight is 370 g/mol. The highest BCUT2D eigenvalue weighted by Crippen LogP contribution is 2.27. The predicted octanol–water partition coefficient (Wildman–Crippen LogP) is 3.03. The molecule has 1 aliphatic rings. The summed E-state index contributed by atoms with van der Waals surface area (Å²) in [6.07, 6.45) is -3.07. The van der Waals surface area contributed by atoms with Gasteiger partial charge in [-0.25, -0.2) is 0 Å². The predicted molar refractivity (Wildman–Crippen MR) is 84.8 cm³/mol. The first-order valence-corrected chi connectivity index (χ1v) is 7.99. The van der Waals surface area contributed by atoms with Gasteiger partial charge in [0, 0.05) is 11.5 Å². The van der Waals surface area contributed by atoms with E-state index in [9.17, 15) is 18.0 Å².